The highest BCUT2D eigenvalue weighted by Crippen LogP contribution is 2.19. The maximum absolute atomic E-state index is 13.3. The third-order valence-electron chi connectivity index (χ3n) is 2.95. The number of carboxylic acids is 1. The first-order valence-electron chi connectivity index (χ1n) is 6.60. The van der Waals surface area contributed by atoms with E-state index < -0.39 is 17.8 Å². The van der Waals surface area contributed by atoms with Crippen LogP contribution < -0.4 is 10.6 Å². The van der Waals surface area contributed by atoms with Crippen molar-refractivity contribution in [1.29, 1.82) is 0 Å². The zero-order valence-electron chi connectivity index (χ0n) is 11.7. The van der Waals surface area contributed by atoms with Crippen LogP contribution in [0.1, 0.15) is 26.2 Å². The highest BCUT2D eigenvalue weighted by Gasteiger charge is 2.07. The number of nitrogens with one attached hydrogen (secondary N) is 2. The van der Waals surface area contributed by atoms with Gasteiger partial charge in [-0.15, -0.1) is 0 Å². The van der Waals surface area contributed by atoms with Crippen molar-refractivity contribution in [3.8, 4) is 0 Å². The Balaban J connectivity index is 2.27. The van der Waals surface area contributed by atoms with Gasteiger partial charge in [0.25, 0.3) is 0 Å². The molecule has 1 unspecified atom stereocenters. The fourth-order valence-electron chi connectivity index (χ4n) is 1.70. The Labute approximate surface area is 131 Å². The summed E-state index contributed by atoms with van der Waals surface area (Å²) in [4.78, 5) is 22.0. The molecule has 0 bridgehead atoms. The number of hydrogen-bond donors (Lipinski definition) is 3. The number of urea groups is 1. The zero-order chi connectivity index (χ0) is 15.8. The van der Waals surface area contributed by atoms with Gasteiger partial charge in [-0.3, -0.25) is 4.79 Å². The number of anilines is 1. The Morgan fingerprint density at radius 3 is 2.71 bits per heavy atom. The predicted molar refractivity (Wildman–Crippen MR) is 81.8 cm³/mol. The number of carbonyl (C=O) groups is 2. The van der Waals surface area contributed by atoms with Gasteiger partial charge in [0, 0.05) is 18.7 Å². The molecule has 7 heteroatoms. The summed E-state index contributed by atoms with van der Waals surface area (Å²) in [5.41, 5.74) is 0.368. The van der Waals surface area contributed by atoms with Crippen LogP contribution in [0.4, 0.5) is 14.9 Å². The van der Waals surface area contributed by atoms with Gasteiger partial charge in [-0.1, -0.05) is 6.92 Å². The molecule has 21 heavy (non-hydrogen) atoms. The van der Waals surface area contributed by atoms with E-state index in [0.717, 1.165) is 0 Å². The normalized spacial score (nSPS) is 11.8. The van der Waals surface area contributed by atoms with Crippen LogP contribution in [-0.2, 0) is 4.79 Å². The number of rotatable bonds is 7. The fraction of sp³-hybridized carbons (Fsp3) is 0.429. The molecule has 1 aromatic rings. The molecule has 0 aliphatic carbocycles. The molecule has 1 rings (SSSR count). The number of aliphatic carboxylic acids is 1. The lowest BCUT2D eigenvalue weighted by Gasteiger charge is -2.11. The molecule has 0 aliphatic rings. The number of amides is 2. The average molecular weight is 361 g/mol. The second-order valence-electron chi connectivity index (χ2n) is 4.84. The molecule has 0 heterocycles. The molecule has 0 radical (unpaired) electrons. The Morgan fingerprint density at radius 2 is 2.10 bits per heavy atom. The first-order valence-corrected chi connectivity index (χ1v) is 7.39. The van der Waals surface area contributed by atoms with Crippen LogP contribution in [0, 0.1) is 11.7 Å². The van der Waals surface area contributed by atoms with Gasteiger partial charge in [-0.2, -0.15) is 0 Å². The Bertz CT molecular complexity index is 511. The molecule has 116 valence electrons. The van der Waals surface area contributed by atoms with Gasteiger partial charge in [-0.25, -0.2) is 9.18 Å². The minimum absolute atomic E-state index is 0.130. The first-order chi connectivity index (χ1) is 9.88. The molecule has 0 fully saturated rings. The van der Waals surface area contributed by atoms with E-state index in [1.54, 1.807) is 6.07 Å². The van der Waals surface area contributed by atoms with Crippen LogP contribution in [0.3, 0.4) is 0 Å². The molecule has 0 saturated heterocycles. The van der Waals surface area contributed by atoms with E-state index in [-0.39, 0.29) is 12.3 Å². The number of carboxylic acid groups (broad SMARTS) is 1. The third-order valence-corrected chi connectivity index (χ3v) is 3.59. The van der Waals surface area contributed by atoms with Crippen molar-refractivity contribution in [1.82, 2.24) is 5.32 Å². The summed E-state index contributed by atoms with van der Waals surface area (Å²) in [5, 5.41) is 13.7. The molecule has 1 aromatic carbocycles. The quantitative estimate of drug-likeness (QED) is 0.694. The fourth-order valence-corrected chi connectivity index (χ4v) is 1.94. The van der Waals surface area contributed by atoms with Crippen molar-refractivity contribution in [3.05, 3.63) is 28.5 Å². The second-order valence-corrected chi connectivity index (χ2v) is 5.69. The maximum Gasteiger partial charge on any atom is 0.319 e. The third kappa shape index (κ3) is 7.08. The molecular formula is C14H18BrFN2O3. The van der Waals surface area contributed by atoms with E-state index in [1.165, 1.54) is 12.1 Å². The van der Waals surface area contributed by atoms with Crippen LogP contribution in [-0.4, -0.2) is 23.7 Å². The van der Waals surface area contributed by atoms with Gasteiger partial charge >= 0.3 is 12.0 Å². The summed E-state index contributed by atoms with van der Waals surface area (Å²) in [6, 6.07) is 3.91. The number of carbonyl (C=O) groups excluding carboxylic acids is 1. The number of hydrogen-bond acceptors (Lipinski definition) is 2. The van der Waals surface area contributed by atoms with Crippen molar-refractivity contribution in [2.75, 3.05) is 11.9 Å². The van der Waals surface area contributed by atoms with Crippen LogP contribution >= 0.6 is 15.9 Å². The largest absolute Gasteiger partial charge is 0.481 e. The highest BCUT2D eigenvalue weighted by atomic mass is 79.9. The highest BCUT2D eigenvalue weighted by molar-refractivity contribution is 9.10. The van der Waals surface area contributed by atoms with E-state index in [9.17, 15) is 14.0 Å². The number of benzene rings is 1. The van der Waals surface area contributed by atoms with Gasteiger partial charge in [0.05, 0.1) is 4.47 Å². The summed E-state index contributed by atoms with van der Waals surface area (Å²) in [6.07, 6.45) is 1.40. The van der Waals surface area contributed by atoms with Gasteiger partial charge < -0.3 is 15.7 Å². The summed E-state index contributed by atoms with van der Waals surface area (Å²) < 4.78 is 13.6. The summed E-state index contributed by atoms with van der Waals surface area (Å²) in [6.45, 7) is 2.37. The van der Waals surface area contributed by atoms with E-state index in [1.807, 2.05) is 6.92 Å². The standard InChI is InChI=1S/C14H18BrFN2O3/c1-9(2-5-13(19)20)6-7-17-14(21)18-10-3-4-11(15)12(16)8-10/h3-4,8-9H,2,5-7H2,1H3,(H,19,20)(H2,17,18,21). The lowest BCUT2D eigenvalue weighted by atomic mass is 10.0. The summed E-state index contributed by atoms with van der Waals surface area (Å²) in [5.74, 6) is -1.05. The minimum Gasteiger partial charge on any atom is -0.481 e. The van der Waals surface area contributed by atoms with Crippen LogP contribution in [0.15, 0.2) is 22.7 Å². The maximum atomic E-state index is 13.3. The van der Waals surface area contributed by atoms with Crippen molar-refractivity contribution < 1.29 is 19.1 Å². The molecule has 0 aliphatic heterocycles. The predicted octanol–water partition coefficient (Wildman–Crippen LogP) is 3.60. The Hall–Kier alpha value is -1.63. The first kappa shape index (κ1) is 17.4. The minimum atomic E-state index is -0.815. The zero-order valence-corrected chi connectivity index (χ0v) is 13.2. The van der Waals surface area contributed by atoms with Crippen molar-refractivity contribution in [3.63, 3.8) is 0 Å². The SMILES string of the molecule is CC(CCNC(=O)Nc1ccc(Br)c(F)c1)CCC(=O)O. The monoisotopic (exact) mass is 360 g/mol. The van der Waals surface area contributed by atoms with Gasteiger partial charge in [-0.05, 0) is 52.9 Å². The van der Waals surface area contributed by atoms with Crippen LogP contribution in [0.25, 0.3) is 0 Å². The van der Waals surface area contributed by atoms with Crippen molar-refractivity contribution in [2.24, 2.45) is 5.92 Å². The van der Waals surface area contributed by atoms with Gasteiger partial charge in [0.1, 0.15) is 5.82 Å². The lowest BCUT2D eigenvalue weighted by Crippen LogP contribution is -2.30. The molecular weight excluding hydrogens is 343 g/mol. The molecule has 0 saturated carbocycles. The van der Waals surface area contributed by atoms with E-state index in [4.69, 9.17) is 5.11 Å². The molecule has 5 nitrogen and oxygen atoms in total. The number of halogens is 2. The second kappa shape index (κ2) is 8.61. The van der Waals surface area contributed by atoms with E-state index >= 15 is 0 Å². The summed E-state index contributed by atoms with van der Waals surface area (Å²) >= 11 is 3.03. The topological polar surface area (TPSA) is 78.4 Å². The molecule has 1 atom stereocenters. The molecule has 0 spiro atoms. The average Bonchev–Trinajstić information content (AvgIpc) is 2.40. The Kier molecular flexibility index (Phi) is 7.14. The van der Waals surface area contributed by atoms with Crippen molar-refractivity contribution in [2.45, 2.75) is 26.2 Å². The van der Waals surface area contributed by atoms with Gasteiger partial charge in [0.15, 0.2) is 0 Å². The molecule has 0 aromatic heterocycles. The Morgan fingerprint density at radius 1 is 1.38 bits per heavy atom. The van der Waals surface area contributed by atoms with Crippen LogP contribution in [0.2, 0.25) is 0 Å². The van der Waals surface area contributed by atoms with Crippen LogP contribution in [0.5, 0.6) is 0 Å². The summed E-state index contributed by atoms with van der Waals surface area (Å²) in [7, 11) is 0. The van der Waals surface area contributed by atoms with Crippen molar-refractivity contribution >= 4 is 33.6 Å². The lowest BCUT2D eigenvalue weighted by molar-refractivity contribution is -0.137. The smallest absolute Gasteiger partial charge is 0.319 e. The molecule has 2 amide bonds. The van der Waals surface area contributed by atoms with E-state index in [2.05, 4.69) is 26.6 Å². The van der Waals surface area contributed by atoms with Gasteiger partial charge in [0.2, 0.25) is 0 Å². The molecule has 3 N–H and O–H groups in total. The van der Waals surface area contributed by atoms with E-state index in [0.29, 0.717) is 29.5 Å².